The van der Waals surface area contributed by atoms with Crippen LogP contribution in [0.15, 0.2) is 24.3 Å². The Labute approximate surface area is 143 Å². The zero-order chi connectivity index (χ0) is 17.7. The van der Waals surface area contributed by atoms with Crippen LogP contribution in [-0.2, 0) is 11.3 Å². The topological polar surface area (TPSA) is 53.6 Å². The maximum Gasteiger partial charge on any atom is 0.471 e. The van der Waals surface area contributed by atoms with Crippen LogP contribution in [0.3, 0.4) is 0 Å². The molecule has 1 aromatic rings. The molecule has 0 aromatic heterocycles. The summed E-state index contributed by atoms with van der Waals surface area (Å²) in [5.74, 6) is -1.19. The van der Waals surface area contributed by atoms with Crippen molar-refractivity contribution in [1.82, 2.24) is 15.5 Å². The van der Waals surface area contributed by atoms with Crippen molar-refractivity contribution in [3.63, 3.8) is 0 Å². The molecule has 1 unspecified atom stereocenters. The quantitative estimate of drug-likeness (QED) is 0.802. The second-order valence-corrected chi connectivity index (χ2v) is 5.76. The highest BCUT2D eigenvalue weighted by Gasteiger charge is 2.40. The molecule has 9 heteroatoms. The van der Waals surface area contributed by atoms with E-state index in [0.717, 1.165) is 11.3 Å². The van der Waals surface area contributed by atoms with Crippen LogP contribution < -0.4 is 15.4 Å². The van der Waals surface area contributed by atoms with E-state index in [1.807, 2.05) is 29.6 Å². The van der Waals surface area contributed by atoms with Crippen LogP contribution >= 0.6 is 12.2 Å². The van der Waals surface area contributed by atoms with Crippen LogP contribution in [-0.4, -0.2) is 48.3 Å². The molecule has 0 aliphatic carbocycles. The van der Waals surface area contributed by atoms with E-state index < -0.39 is 18.1 Å². The van der Waals surface area contributed by atoms with Crippen molar-refractivity contribution in [1.29, 1.82) is 0 Å². The van der Waals surface area contributed by atoms with E-state index in [-0.39, 0.29) is 6.54 Å². The van der Waals surface area contributed by atoms with Crippen molar-refractivity contribution in [2.24, 2.45) is 0 Å². The first-order valence-corrected chi connectivity index (χ1v) is 7.74. The normalized spacial score (nSPS) is 17.5. The number of nitrogens with one attached hydrogen (secondary N) is 2. The lowest BCUT2D eigenvalue weighted by Crippen LogP contribution is -2.45. The van der Waals surface area contributed by atoms with Gasteiger partial charge in [-0.2, -0.15) is 13.2 Å². The van der Waals surface area contributed by atoms with Crippen molar-refractivity contribution in [3.8, 4) is 5.75 Å². The molecule has 24 heavy (non-hydrogen) atoms. The van der Waals surface area contributed by atoms with Gasteiger partial charge in [-0.15, -0.1) is 0 Å². The number of benzene rings is 1. The van der Waals surface area contributed by atoms with Gasteiger partial charge in [0.25, 0.3) is 0 Å². The summed E-state index contributed by atoms with van der Waals surface area (Å²) in [5, 5.41) is 5.48. The third-order valence-electron chi connectivity index (χ3n) is 3.69. The van der Waals surface area contributed by atoms with Gasteiger partial charge in [0.2, 0.25) is 0 Å². The lowest BCUT2D eigenvalue weighted by molar-refractivity contribution is -0.174. The number of halogens is 3. The number of nitrogens with zero attached hydrogens (tertiary/aromatic N) is 1. The molecule has 1 aromatic carbocycles. The molecule has 0 saturated carbocycles. The fourth-order valence-corrected chi connectivity index (χ4v) is 2.70. The van der Waals surface area contributed by atoms with E-state index in [4.69, 9.17) is 17.0 Å². The number of carbonyl (C=O) groups is 1. The molecular formula is C15H18F3N3O2S. The third kappa shape index (κ3) is 4.73. The number of amides is 1. The van der Waals surface area contributed by atoms with Crippen LogP contribution in [0, 0.1) is 0 Å². The molecule has 132 valence electrons. The first kappa shape index (κ1) is 18.3. The minimum atomic E-state index is -4.87. The van der Waals surface area contributed by atoms with Gasteiger partial charge in [0.05, 0.1) is 7.11 Å². The van der Waals surface area contributed by atoms with Crippen LogP contribution in [0.4, 0.5) is 13.2 Å². The Bertz CT molecular complexity index is 610. The Hall–Kier alpha value is -2.03. The fraction of sp³-hybridized carbons (Fsp3) is 0.467. The van der Waals surface area contributed by atoms with Crippen LogP contribution in [0.25, 0.3) is 0 Å². The maximum atomic E-state index is 12.3. The Morgan fingerprint density at radius 2 is 2.12 bits per heavy atom. The highest BCUT2D eigenvalue weighted by molar-refractivity contribution is 7.80. The summed E-state index contributed by atoms with van der Waals surface area (Å²) in [4.78, 5) is 12.7. The summed E-state index contributed by atoms with van der Waals surface area (Å²) in [6, 6.07) is 6.89. The Morgan fingerprint density at radius 1 is 1.42 bits per heavy atom. The van der Waals surface area contributed by atoms with Gasteiger partial charge in [0, 0.05) is 31.2 Å². The summed E-state index contributed by atoms with van der Waals surface area (Å²) >= 11 is 5.27. The second-order valence-electron chi connectivity index (χ2n) is 5.37. The van der Waals surface area contributed by atoms with Gasteiger partial charge in [-0.3, -0.25) is 4.79 Å². The standard InChI is InChI=1S/C15H18F3N3O2S/c1-23-12-5-3-2-4-10(12)8-19-14(24)21-7-6-11(9-21)20-13(22)15(16,17)18/h2-5,11H,6-9H2,1H3,(H,19,24)(H,20,22). The number of hydrogen-bond donors (Lipinski definition) is 2. The first-order valence-electron chi connectivity index (χ1n) is 7.33. The lowest BCUT2D eigenvalue weighted by atomic mass is 10.2. The van der Waals surface area contributed by atoms with E-state index >= 15 is 0 Å². The van der Waals surface area contributed by atoms with Gasteiger partial charge in [-0.25, -0.2) is 0 Å². The molecule has 2 N–H and O–H groups in total. The number of methoxy groups -OCH3 is 1. The molecule has 5 nitrogen and oxygen atoms in total. The molecule has 0 spiro atoms. The fourth-order valence-electron chi connectivity index (χ4n) is 2.46. The van der Waals surface area contributed by atoms with Crippen LogP contribution in [0.5, 0.6) is 5.75 Å². The van der Waals surface area contributed by atoms with E-state index in [1.54, 1.807) is 12.0 Å². The largest absolute Gasteiger partial charge is 0.496 e. The summed E-state index contributed by atoms with van der Waals surface area (Å²) in [6.45, 7) is 1.18. The lowest BCUT2D eigenvalue weighted by Gasteiger charge is -2.21. The molecule has 1 atom stereocenters. The molecule has 2 rings (SSSR count). The number of alkyl halides is 3. The van der Waals surface area contributed by atoms with Crippen molar-refractivity contribution in [2.45, 2.75) is 25.2 Å². The van der Waals surface area contributed by atoms with Crippen molar-refractivity contribution in [2.75, 3.05) is 20.2 Å². The van der Waals surface area contributed by atoms with Gasteiger partial charge in [0.15, 0.2) is 5.11 Å². The molecule has 1 fully saturated rings. The van der Waals surface area contributed by atoms with Gasteiger partial charge >= 0.3 is 12.1 Å². The maximum absolute atomic E-state index is 12.3. The van der Waals surface area contributed by atoms with Gasteiger partial charge in [0.1, 0.15) is 5.75 Å². The minimum Gasteiger partial charge on any atom is -0.496 e. The van der Waals surface area contributed by atoms with Gasteiger partial charge in [-0.05, 0) is 24.7 Å². The van der Waals surface area contributed by atoms with E-state index in [2.05, 4.69) is 5.32 Å². The zero-order valence-electron chi connectivity index (χ0n) is 13.0. The van der Waals surface area contributed by atoms with E-state index in [1.165, 1.54) is 0 Å². The number of thiocarbonyl (C=S) groups is 1. The average molecular weight is 361 g/mol. The molecule has 1 heterocycles. The molecule has 1 aliphatic heterocycles. The van der Waals surface area contributed by atoms with E-state index in [9.17, 15) is 18.0 Å². The van der Waals surface area contributed by atoms with Crippen molar-refractivity contribution in [3.05, 3.63) is 29.8 Å². The summed E-state index contributed by atoms with van der Waals surface area (Å²) < 4.78 is 42.0. The first-order chi connectivity index (χ1) is 11.3. The molecule has 1 saturated heterocycles. The molecule has 0 bridgehead atoms. The monoisotopic (exact) mass is 361 g/mol. The minimum absolute atomic E-state index is 0.250. The second kappa shape index (κ2) is 7.69. The van der Waals surface area contributed by atoms with E-state index in [0.29, 0.717) is 24.6 Å². The number of hydrogen-bond acceptors (Lipinski definition) is 3. The summed E-state index contributed by atoms with van der Waals surface area (Å²) in [7, 11) is 1.57. The van der Waals surface area contributed by atoms with Gasteiger partial charge < -0.3 is 20.3 Å². The Morgan fingerprint density at radius 3 is 2.79 bits per heavy atom. The highest BCUT2D eigenvalue weighted by atomic mass is 32.1. The van der Waals surface area contributed by atoms with Crippen LogP contribution in [0.1, 0.15) is 12.0 Å². The van der Waals surface area contributed by atoms with Gasteiger partial charge in [-0.1, -0.05) is 18.2 Å². The molecule has 1 amide bonds. The molecule has 0 radical (unpaired) electrons. The van der Waals surface area contributed by atoms with Crippen molar-refractivity contribution >= 4 is 23.2 Å². The number of ether oxygens (including phenoxy) is 1. The van der Waals surface area contributed by atoms with Crippen molar-refractivity contribution < 1.29 is 22.7 Å². The number of para-hydroxylation sites is 1. The number of rotatable bonds is 4. The average Bonchev–Trinajstić information content (AvgIpc) is 3.00. The smallest absolute Gasteiger partial charge is 0.471 e. The zero-order valence-corrected chi connectivity index (χ0v) is 13.8. The summed E-state index contributed by atoms with van der Waals surface area (Å²) in [5.41, 5.74) is 0.920. The third-order valence-corrected chi connectivity index (χ3v) is 4.09. The number of likely N-dealkylation sites (tertiary alicyclic amines) is 1. The Balaban J connectivity index is 1.83. The molecule has 1 aliphatic rings. The number of carbonyl (C=O) groups excluding carboxylic acids is 1. The highest BCUT2D eigenvalue weighted by Crippen LogP contribution is 2.18. The van der Waals surface area contributed by atoms with Crippen LogP contribution in [0.2, 0.25) is 0 Å². The molecular weight excluding hydrogens is 343 g/mol. The SMILES string of the molecule is COc1ccccc1CNC(=S)N1CCC(NC(=O)C(F)(F)F)C1. The predicted molar refractivity (Wildman–Crippen MR) is 86.6 cm³/mol. The summed E-state index contributed by atoms with van der Waals surface area (Å²) in [6.07, 6.45) is -4.45. The Kier molecular flexibility index (Phi) is 5.87. The predicted octanol–water partition coefficient (Wildman–Crippen LogP) is 1.82.